The molecule has 0 N–H and O–H groups in total. The molecule has 0 atom stereocenters. The van der Waals surface area contributed by atoms with E-state index in [1.54, 1.807) is 11.1 Å². The predicted octanol–water partition coefficient (Wildman–Crippen LogP) is 2.05. The zero-order valence-corrected chi connectivity index (χ0v) is 13.0. The van der Waals surface area contributed by atoms with Crippen LogP contribution < -0.4 is 9.47 Å². The smallest absolute Gasteiger partial charge is 0.249 e. The topological polar surface area (TPSA) is 60.9 Å². The Morgan fingerprint density at radius 1 is 1.36 bits per heavy atom. The molecule has 0 bridgehead atoms. The highest BCUT2D eigenvalue weighted by Crippen LogP contribution is 2.32. The van der Waals surface area contributed by atoms with Crippen molar-refractivity contribution in [3.63, 3.8) is 0 Å². The fraction of sp³-hybridized carbons (Fsp3) is 0.333. The maximum atomic E-state index is 12.2. The number of aromatic nitrogens is 1. The van der Waals surface area contributed by atoms with Crippen molar-refractivity contribution in [3.05, 3.63) is 40.3 Å². The summed E-state index contributed by atoms with van der Waals surface area (Å²) in [5, 5.41) is 2.79. The van der Waals surface area contributed by atoms with Gasteiger partial charge in [-0.05, 0) is 17.7 Å². The fourth-order valence-corrected chi connectivity index (χ4v) is 2.83. The van der Waals surface area contributed by atoms with Gasteiger partial charge in [-0.3, -0.25) is 4.79 Å². The van der Waals surface area contributed by atoms with Crippen LogP contribution in [0.2, 0.25) is 0 Å². The lowest BCUT2D eigenvalue weighted by Crippen LogP contribution is -2.32. The van der Waals surface area contributed by atoms with Crippen molar-refractivity contribution in [1.82, 2.24) is 9.88 Å². The number of benzene rings is 1. The molecule has 1 aliphatic rings. The van der Waals surface area contributed by atoms with Crippen LogP contribution in [0, 0.1) is 0 Å². The van der Waals surface area contributed by atoms with Crippen LogP contribution in [0.5, 0.6) is 11.5 Å². The monoisotopic (exact) mass is 320 g/mol. The van der Waals surface area contributed by atoms with Crippen molar-refractivity contribution in [1.29, 1.82) is 0 Å². The van der Waals surface area contributed by atoms with Crippen LogP contribution in [0.1, 0.15) is 10.6 Å². The molecule has 0 radical (unpaired) electrons. The minimum Gasteiger partial charge on any atom is -0.454 e. The highest BCUT2D eigenvalue weighted by atomic mass is 32.1. The molecule has 0 saturated carbocycles. The van der Waals surface area contributed by atoms with Crippen LogP contribution in [0.15, 0.2) is 29.8 Å². The molecule has 1 aliphatic heterocycles. The first-order chi connectivity index (χ1) is 10.8. The summed E-state index contributed by atoms with van der Waals surface area (Å²) in [4.78, 5) is 18.2. The van der Waals surface area contributed by atoms with Crippen LogP contribution in [-0.4, -0.2) is 36.3 Å². The zero-order chi connectivity index (χ0) is 15.4. The first-order valence-electron chi connectivity index (χ1n) is 6.80. The SMILES string of the molecule is COCC(=O)N(Cc1ccc2c(c1)OCO2)Cc1nccs1. The Balaban J connectivity index is 1.75. The van der Waals surface area contributed by atoms with Crippen molar-refractivity contribution in [2.75, 3.05) is 20.5 Å². The summed E-state index contributed by atoms with van der Waals surface area (Å²) in [5.41, 5.74) is 0.977. The number of carbonyl (C=O) groups excluding carboxylic acids is 1. The predicted molar refractivity (Wildman–Crippen MR) is 80.8 cm³/mol. The van der Waals surface area contributed by atoms with Gasteiger partial charge in [0, 0.05) is 25.2 Å². The van der Waals surface area contributed by atoms with Gasteiger partial charge in [-0.15, -0.1) is 11.3 Å². The summed E-state index contributed by atoms with van der Waals surface area (Å²) in [5.74, 6) is 1.37. The van der Waals surface area contributed by atoms with E-state index in [9.17, 15) is 4.79 Å². The molecular weight excluding hydrogens is 304 g/mol. The number of thiazole rings is 1. The molecule has 0 spiro atoms. The number of amides is 1. The second-order valence-corrected chi connectivity index (χ2v) is 5.78. The summed E-state index contributed by atoms with van der Waals surface area (Å²) in [6.45, 7) is 1.23. The van der Waals surface area contributed by atoms with Crippen LogP contribution in [0.25, 0.3) is 0 Å². The van der Waals surface area contributed by atoms with E-state index >= 15 is 0 Å². The van der Waals surface area contributed by atoms with Gasteiger partial charge in [-0.2, -0.15) is 0 Å². The van der Waals surface area contributed by atoms with Crippen molar-refractivity contribution < 1.29 is 19.0 Å². The summed E-state index contributed by atoms with van der Waals surface area (Å²) in [7, 11) is 1.51. The maximum Gasteiger partial charge on any atom is 0.249 e. The molecule has 0 fully saturated rings. The normalized spacial score (nSPS) is 12.4. The molecule has 2 heterocycles. The van der Waals surface area contributed by atoms with E-state index in [1.165, 1.54) is 18.4 Å². The molecule has 22 heavy (non-hydrogen) atoms. The standard InChI is InChI=1S/C15H16N2O4S/c1-19-9-15(18)17(8-14-16-4-5-22-14)7-11-2-3-12-13(6-11)21-10-20-12/h2-6H,7-10H2,1H3. The Morgan fingerprint density at radius 2 is 2.23 bits per heavy atom. The second kappa shape index (κ2) is 6.76. The fourth-order valence-electron chi connectivity index (χ4n) is 2.20. The van der Waals surface area contributed by atoms with E-state index in [0.29, 0.717) is 18.8 Å². The van der Waals surface area contributed by atoms with Crippen LogP contribution in [-0.2, 0) is 22.6 Å². The largest absolute Gasteiger partial charge is 0.454 e. The molecule has 0 saturated heterocycles. The lowest BCUT2D eigenvalue weighted by Gasteiger charge is -2.21. The molecule has 0 aliphatic carbocycles. The number of rotatable bonds is 6. The number of ether oxygens (including phenoxy) is 3. The number of carbonyl (C=O) groups is 1. The number of methoxy groups -OCH3 is 1. The Hall–Kier alpha value is -2.12. The lowest BCUT2D eigenvalue weighted by molar-refractivity contribution is -0.136. The van der Waals surface area contributed by atoms with Crippen molar-refractivity contribution >= 4 is 17.2 Å². The van der Waals surface area contributed by atoms with E-state index < -0.39 is 0 Å². The number of hydrogen-bond acceptors (Lipinski definition) is 6. The Morgan fingerprint density at radius 3 is 3.00 bits per heavy atom. The van der Waals surface area contributed by atoms with Crippen molar-refractivity contribution in [3.8, 4) is 11.5 Å². The molecule has 1 aromatic carbocycles. The molecule has 3 rings (SSSR count). The summed E-state index contributed by atoms with van der Waals surface area (Å²) in [6, 6.07) is 5.69. The van der Waals surface area contributed by atoms with Gasteiger partial charge in [-0.25, -0.2) is 4.98 Å². The first kappa shape index (κ1) is 14.8. The molecule has 0 unspecified atom stereocenters. The van der Waals surface area contributed by atoms with Crippen molar-refractivity contribution in [2.45, 2.75) is 13.1 Å². The second-order valence-electron chi connectivity index (χ2n) is 4.80. The zero-order valence-electron chi connectivity index (χ0n) is 12.2. The highest BCUT2D eigenvalue weighted by Gasteiger charge is 2.18. The van der Waals surface area contributed by atoms with Crippen LogP contribution in [0.4, 0.5) is 0 Å². The summed E-state index contributed by atoms with van der Waals surface area (Å²) in [6.07, 6.45) is 1.74. The average Bonchev–Trinajstić information content (AvgIpc) is 3.17. The van der Waals surface area contributed by atoms with Crippen molar-refractivity contribution in [2.24, 2.45) is 0 Å². The lowest BCUT2D eigenvalue weighted by atomic mass is 10.2. The molecule has 7 heteroatoms. The minimum atomic E-state index is -0.0737. The van der Waals surface area contributed by atoms with E-state index in [1.807, 2.05) is 23.6 Å². The van der Waals surface area contributed by atoms with E-state index in [-0.39, 0.29) is 19.3 Å². The van der Waals surface area contributed by atoms with Gasteiger partial charge in [0.2, 0.25) is 12.7 Å². The third-order valence-corrected chi connectivity index (χ3v) is 4.00. The molecule has 2 aromatic rings. The van der Waals surface area contributed by atoms with Gasteiger partial charge in [0.1, 0.15) is 11.6 Å². The third-order valence-electron chi connectivity index (χ3n) is 3.24. The Kier molecular flexibility index (Phi) is 4.55. The first-order valence-corrected chi connectivity index (χ1v) is 7.68. The van der Waals surface area contributed by atoms with Gasteiger partial charge in [0.25, 0.3) is 0 Å². The molecule has 1 aromatic heterocycles. The minimum absolute atomic E-state index is 0.0515. The van der Waals surface area contributed by atoms with E-state index in [0.717, 1.165) is 16.3 Å². The van der Waals surface area contributed by atoms with Gasteiger partial charge in [-0.1, -0.05) is 6.07 Å². The Labute approximate surface area is 132 Å². The number of hydrogen-bond donors (Lipinski definition) is 0. The summed E-state index contributed by atoms with van der Waals surface area (Å²) < 4.78 is 15.6. The van der Waals surface area contributed by atoms with E-state index in [2.05, 4.69) is 4.98 Å². The average molecular weight is 320 g/mol. The van der Waals surface area contributed by atoms with Gasteiger partial charge in [0.05, 0.1) is 6.54 Å². The molecule has 6 nitrogen and oxygen atoms in total. The third kappa shape index (κ3) is 3.37. The Bertz CT molecular complexity index is 645. The van der Waals surface area contributed by atoms with E-state index in [4.69, 9.17) is 14.2 Å². The van der Waals surface area contributed by atoms with Crippen LogP contribution >= 0.6 is 11.3 Å². The summed E-state index contributed by atoms with van der Waals surface area (Å²) >= 11 is 1.53. The van der Waals surface area contributed by atoms with Crippen LogP contribution in [0.3, 0.4) is 0 Å². The quantitative estimate of drug-likeness (QED) is 0.815. The van der Waals surface area contributed by atoms with Gasteiger partial charge < -0.3 is 19.1 Å². The maximum absolute atomic E-state index is 12.2. The van der Waals surface area contributed by atoms with Gasteiger partial charge in [0.15, 0.2) is 11.5 Å². The number of fused-ring (bicyclic) bond motifs is 1. The number of nitrogens with zero attached hydrogens (tertiary/aromatic N) is 2. The van der Waals surface area contributed by atoms with Gasteiger partial charge >= 0.3 is 0 Å². The molecule has 1 amide bonds. The molecular formula is C15H16N2O4S. The molecule has 116 valence electrons. The highest BCUT2D eigenvalue weighted by molar-refractivity contribution is 7.09.